The van der Waals surface area contributed by atoms with E-state index in [-0.39, 0.29) is 0 Å². The van der Waals surface area contributed by atoms with Gasteiger partial charge in [-0.05, 0) is 70.3 Å². The minimum Gasteiger partial charge on any atom is -0.316 e. The second kappa shape index (κ2) is 6.53. The molecule has 1 aliphatic rings. The molecule has 0 spiro atoms. The molecule has 0 amide bonds. The summed E-state index contributed by atoms with van der Waals surface area (Å²) in [6, 6.07) is 2.31. The molecule has 2 N–H and O–H groups in total. The molecule has 0 aromatic carbocycles. The summed E-state index contributed by atoms with van der Waals surface area (Å²) >= 11 is 1.93. The van der Waals surface area contributed by atoms with Gasteiger partial charge in [0, 0.05) is 16.3 Å². The van der Waals surface area contributed by atoms with E-state index in [0.717, 1.165) is 19.0 Å². The van der Waals surface area contributed by atoms with Crippen molar-refractivity contribution in [2.75, 3.05) is 19.6 Å². The molecule has 0 radical (unpaired) electrons. The van der Waals surface area contributed by atoms with Crippen LogP contribution in [0.25, 0.3) is 0 Å². The predicted molar refractivity (Wildman–Crippen MR) is 75.7 cm³/mol. The molecule has 1 aromatic heterocycles. The standard InChI is InChI=1S/C14H24N2S/c1-11-8-14(17-12(11)2)10-16-7-5-13-4-3-6-15-9-13/h8,13,15-16H,3-7,9-10H2,1-2H3. The Morgan fingerprint density at radius 3 is 3.00 bits per heavy atom. The van der Waals surface area contributed by atoms with E-state index in [1.807, 2.05) is 11.3 Å². The molecule has 1 saturated heterocycles. The molecular weight excluding hydrogens is 228 g/mol. The van der Waals surface area contributed by atoms with Crippen molar-refractivity contribution in [3.05, 3.63) is 21.4 Å². The lowest BCUT2D eigenvalue weighted by atomic mass is 9.96. The van der Waals surface area contributed by atoms with Crippen LogP contribution in [0.5, 0.6) is 0 Å². The number of nitrogens with one attached hydrogen (secondary N) is 2. The molecule has 2 rings (SSSR count). The van der Waals surface area contributed by atoms with Gasteiger partial charge in [0.2, 0.25) is 0 Å². The first-order valence-electron chi connectivity index (χ1n) is 6.73. The van der Waals surface area contributed by atoms with Gasteiger partial charge in [-0.15, -0.1) is 11.3 Å². The number of hydrogen-bond acceptors (Lipinski definition) is 3. The smallest absolute Gasteiger partial charge is 0.0299 e. The Morgan fingerprint density at radius 1 is 1.47 bits per heavy atom. The Balaban J connectivity index is 1.62. The molecule has 2 nitrogen and oxygen atoms in total. The minimum atomic E-state index is 0.892. The quantitative estimate of drug-likeness (QED) is 0.788. The summed E-state index contributed by atoms with van der Waals surface area (Å²) in [5.74, 6) is 0.892. The van der Waals surface area contributed by atoms with Crippen molar-refractivity contribution in [1.82, 2.24) is 10.6 Å². The number of hydrogen-bond donors (Lipinski definition) is 2. The van der Waals surface area contributed by atoms with Crippen molar-refractivity contribution in [3.63, 3.8) is 0 Å². The highest BCUT2D eigenvalue weighted by atomic mass is 32.1. The Bertz CT molecular complexity index is 320. The van der Waals surface area contributed by atoms with E-state index in [9.17, 15) is 0 Å². The molecule has 1 aromatic rings. The molecule has 2 heterocycles. The summed E-state index contributed by atoms with van der Waals surface area (Å²) in [6.45, 7) is 9.04. The first-order chi connectivity index (χ1) is 8.25. The van der Waals surface area contributed by atoms with Crippen molar-refractivity contribution in [1.29, 1.82) is 0 Å². The summed E-state index contributed by atoms with van der Waals surface area (Å²) in [5, 5.41) is 7.05. The third kappa shape index (κ3) is 4.09. The van der Waals surface area contributed by atoms with Crippen molar-refractivity contribution in [2.45, 2.75) is 39.7 Å². The van der Waals surface area contributed by atoms with Crippen LogP contribution in [0.1, 0.15) is 34.6 Å². The highest BCUT2D eigenvalue weighted by molar-refractivity contribution is 7.12. The fourth-order valence-electron chi connectivity index (χ4n) is 2.42. The third-order valence-electron chi connectivity index (χ3n) is 3.64. The number of aryl methyl sites for hydroxylation is 2. The van der Waals surface area contributed by atoms with Crippen LogP contribution in [-0.4, -0.2) is 19.6 Å². The monoisotopic (exact) mass is 252 g/mol. The molecule has 1 fully saturated rings. The van der Waals surface area contributed by atoms with Crippen molar-refractivity contribution in [2.24, 2.45) is 5.92 Å². The summed E-state index contributed by atoms with van der Waals surface area (Å²) in [4.78, 5) is 2.93. The van der Waals surface area contributed by atoms with Crippen LogP contribution in [0.4, 0.5) is 0 Å². The topological polar surface area (TPSA) is 24.1 Å². The van der Waals surface area contributed by atoms with Gasteiger partial charge < -0.3 is 10.6 Å². The van der Waals surface area contributed by atoms with Gasteiger partial charge in [0.1, 0.15) is 0 Å². The highest BCUT2D eigenvalue weighted by Crippen LogP contribution is 2.20. The second-order valence-corrected chi connectivity index (χ2v) is 6.47. The zero-order valence-electron chi connectivity index (χ0n) is 11.0. The van der Waals surface area contributed by atoms with E-state index in [1.54, 1.807) is 0 Å². The van der Waals surface area contributed by atoms with E-state index < -0.39 is 0 Å². The maximum atomic E-state index is 3.57. The van der Waals surface area contributed by atoms with Crippen LogP contribution in [0.2, 0.25) is 0 Å². The van der Waals surface area contributed by atoms with E-state index in [4.69, 9.17) is 0 Å². The van der Waals surface area contributed by atoms with E-state index in [1.165, 1.54) is 47.7 Å². The Hall–Kier alpha value is -0.380. The Labute approximate surface area is 109 Å². The van der Waals surface area contributed by atoms with Gasteiger partial charge in [0.05, 0.1) is 0 Å². The van der Waals surface area contributed by atoms with Crippen LogP contribution in [0, 0.1) is 19.8 Å². The summed E-state index contributed by atoms with van der Waals surface area (Å²) in [6.07, 6.45) is 4.08. The van der Waals surface area contributed by atoms with Crippen LogP contribution < -0.4 is 10.6 Å². The van der Waals surface area contributed by atoms with E-state index in [0.29, 0.717) is 0 Å². The summed E-state index contributed by atoms with van der Waals surface area (Å²) in [5.41, 5.74) is 1.43. The molecule has 17 heavy (non-hydrogen) atoms. The van der Waals surface area contributed by atoms with Crippen molar-refractivity contribution in [3.8, 4) is 0 Å². The van der Waals surface area contributed by atoms with Crippen LogP contribution in [-0.2, 0) is 6.54 Å². The van der Waals surface area contributed by atoms with Gasteiger partial charge in [-0.2, -0.15) is 0 Å². The number of rotatable bonds is 5. The van der Waals surface area contributed by atoms with Crippen molar-refractivity contribution < 1.29 is 0 Å². The average molecular weight is 252 g/mol. The SMILES string of the molecule is Cc1cc(CNCCC2CCCNC2)sc1C. The largest absolute Gasteiger partial charge is 0.316 e. The van der Waals surface area contributed by atoms with Gasteiger partial charge in [0.25, 0.3) is 0 Å². The lowest BCUT2D eigenvalue weighted by molar-refractivity contribution is 0.352. The first-order valence-corrected chi connectivity index (χ1v) is 7.54. The molecule has 0 saturated carbocycles. The normalized spacial score (nSPS) is 20.7. The van der Waals surface area contributed by atoms with Gasteiger partial charge >= 0.3 is 0 Å². The van der Waals surface area contributed by atoms with Gasteiger partial charge in [0.15, 0.2) is 0 Å². The average Bonchev–Trinajstić information content (AvgIpc) is 2.66. The molecular formula is C14H24N2S. The zero-order chi connectivity index (χ0) is 12.1. The lowest BCUT2D eigenvalue weighted by Gasteiger charge is -2.22. The summed E-state index contributed by atoms with van der Waals surface area (Å²) < 4.78 is 0. The molecule has 0 bridgehead atoms. The second-order valence-electron chi connectivity index (χ2n) is 5.13. The van der Waals surface area contributed by atoms with Crippen molar-refractivity contribution >= 4 is 11.3 Å². The molecule has 3 heteroatoms. The third-order valence-corrected chi connectivity index (χ3v) is 4.80. The minimum absolute atomic E-state index is 0.892. The van der Waals surface area contributed by atoms with Crippen LogP contribution in [0.3, 0.4) is 0 Å². The fourth-order valence-corrected chi connectivity index (χ4v) is 3.45. The summed E-state index contributed by atoms with van der Waals surface area (Å²) in [7, 11) is 0. The molecule has 1 atom stereocenters. The van der Waals surface area contributed by atoms with Crippen LogP contribution in [0.15, 0.2) is 6.07 Å². The van der Waals surface area contributed by atoms with E-state index >= 15 is 0 Å². The molecule has 1 aliphatic heterocycles. The van der Waals surface area contributed by atoms with Gasteiger partial charge in [-0.1, -0.05) is 0 Å². The Morgan fingerprint density at radius 2 is 2.35 bits per heavy atom. The lowest BCUT2D eigenvalue weighted by Crippen LogP contribution is -2.31. The fraction of sp³-hybridized carbons (Fsp3) is 0.714. The van der Waals surface area contributed by atoms with Gasteiger partial charge in [-0.25, -0.2) is 0 Å². The first kappa shape index (κ1) is 13.1. The predicted octanol–water partition coefficient (Wildman–Crippen LogP) is 2.84. The number of thiophene rings is 1. The Kier molecular flexibility index (Phi) is 5.01. The molecule has 96 valence electrons. The maximum Gasteiger partial charge on any atom is 0.0299 e. The maximum absolute atomic E-state index is 3.57. The molecule has 1 unspecified atom stereocenters. The van der Waals surface area contributed by atoms with E-state index in [2.05, 4.69) is 30.5 Å². The number of piperidine rings is 1. The zero-order valence-corrected chi connectivity index (χ0v) is 11.8. The van der Waals surface area contributed by atoms with Crippen LogP contribution >= 0.6 is 11.3 Å². The molecule has 0 aliphatic carbocycles. The van der Waals surface area contributed by atoms with Gasteiger partial charge in [-0.3, -0.25) is 0 Å². The highest BCUT2D eigenvalue weighted by Gasteiger charge is 2.11.